The van der Waals surface area contributed by atoms with Gasteiger partial charge < -0.3 is 0 Å². The fourth-order valence-corrected chi connectivity index (χ4v) is 3.38. The standard InChI is InChI=1S/C15H20/c1-3-7-12(8-4-1)14-11-15(14)13-9-5-2-6-10-13/h1,3-4,7-8,13-15H,2,5-6,9-11H2/t14-,15+/m1/s1. The number of hydrogen-bond acceptors (Lipinski definition) is 0. The summed E-state index contributed by atoms with van der Waals surface area (Å²) < 4.78 is 0. The van der Waals surface area contributed by atoms with Gasteiger partial charge in [-0.1, -0.05) is 62.4 Å². The Hall–Kier alpha value is -0.780. The van der Waals surface area contributed by atoms with Crippen LogP contribution in [0.1, 0.15) is 50.0 Å². The van der Waals surface area contributed by atoms with Crippen LogP contribution in [0, 0.1) is 11.8 Å². The van der Waals surface area contributed by atoms with Crippen molar-refractivity contribution in [2.45, 2.75) is 44.4 Å². The lowest BCUT2D eigenvalue weighted by molar-refractivity contribution is 0.318. The Bertz CT molecular complexity index is 308. The van der Waals surface area contributed by atoms with E-state index in [4.69, 9.17) is 0 Å². The summed E-state index contributed by atoms with van der Waals surface area (Å²) in [4.78, 5) is 0. The summed E-state index contributed by atoms with van der Waals surface area (Å²) in [6, 6.07) is 11.1. The largest absolute Gasteiger partial charge is 0.0622 e. The summed E-state index contributed by atoms with van der Waals surface area (Å²) in [5, 5.41) is 0. The molecule has 1 aromatic rings. The smallest absolute Gasteiger partial charge is 0.0128 e. The zero-order valence-corrected chi connectivity index (χ0v) is 9.36. The Balaban J connectivity index is 1.64. The Labute approximate surface area is 92.7 Å². The van der Waals surface area contributed by atoms with Crippen molar-refractivity contribution in [2.24, 2.45) is 11.8 Å². The van der Waals surface area contributed by atoms with Crippen LogP contribution in [0.25, 0.3) is 0 Å². The van der Waals surface area contributed by atoms with Gasteiger partial charge in [0.1, 0.15) is 0 Å². The molecule has 0 saturated heterocycles. The number of rotatable bonds is 2. The predicted molar refractivity (Wildman–Crippen MR) is 63.9 cm³/mol. The van der Waals surface area contributed by atoms with Crippen LogP contribution < -0.4 is 0 Å². The van der Waals surface area contributed by atoms with Crippen molar-refractivity contribution in [1.29, 1.82) is 0 Å². The maximum atomic E-state index is 2.31. The first-order valence-corrected chi connectivity index (χ1v) is 6.50. The molecule has 2 atom stereocenters. The van der Waals surface area contributed by atoms with Gasteiger partial charge in [0.25, 0.3) is 0 Å². The van der Waals surface area contributed by atoms with Gasteiger partial charge in [-0.2, -0.15) is 0 Å². The van der Waals surface area contributed by atoms with E-state index in [-0.39, 0.29) is 0 Å². The van der Waals surface area contributed by atoms with E-state index in [9.17, 15) is 0 Å². The molecule has 0 aliphatic heterocycles. The summed E-state index contributed by atoms with van der Waals surface area (Å²) in [6.45, 7) is 0. The summed E-state index contributed by atoms with van der Waals surface area (Å²) >= 11 is 0. The molecule has 0 amide bonds. The molecule has 2 aliphatic carbocycles. The summed E-state index contributed by atoms with van der Waals surface area (Å²) in [7, 11) is 0. The van der Waals surface area contributed by atoms with Crippen LogP contribution in [-0.4, -0.2) is 0 Å². The highest BCUT2D eigenvalue weighted by Crippen LogP contribution is 2.55. The molecule has 0 radical (unpaired) electrons. The second-order valence-electron chi connectivity index (χ2n) is 5.31. The van der Waals surface area contributed by atoms with E-state index in [2.05, 4.69) is 30.3 Å². The van der Waals surface area contributed by atoms with Gasteiger partial charge in [-0.25, -0.2) is 0 Å². The topological polar surface area (TPSA) is 0 Å². The molecule has 0 N–H and O–H groups in total. The van der Waals surface area contributed by atoms with Crippen LogP contribution in [0.4, 0.5) is 0 Å². The molecule has 80 valence electrons. The normalized spacial score (nSPS) is 31.5. The van der Waals surface area contributed by atoms with E-state index in [1.165, 1.54) is 38.5 Å². The van der Waals surface area contributed by atoms with E-state index < -0.39 is 0 Å². The van der Waals surface area contributed by atoms with Crippen LogP contribution in [0.5, 0.6) is 0 Å². The lowest BCUT2D eigenvalue weighted by Gasteiger charge is -2.21. The van der Waals surface area contributed by atoms with Crippen molar-refractivity contribution >= 4 is 0 Å². The fraction of sp³-hybridized carbons (Fsp3) is 0.600. The van der Waals surface area contributed by atoms with Gasteiger partial charge in [0.15, 0.2) is 0 Å². The molecule has 15 heavy (non-hydrogen) atoms. The molecule has 0 unspecified atom stereocenters. The van der Waals surface area contributed by atoms with Gasteiger partial charge in [-0.05, 0) is 29.7 Å². The van der Waals surface area contributed by atoms with Gasteiger partial charge in [-0.3, -0.25) is 0 Å². The van der Waals surface area contributed by atoms with Crippen molar-refractivity contribution in [1.82, 2.24) is 0 Å². The summed E-state index contributed by atoms with van der Waals surface area (Å²) in [6.07, 6.45) is 8.95. The van der Waals surface area contributed by atoms with E-state index in [0.29, 0.717) is 0 Å². The fourth-order valence-electron chi connectivity index (χ4n) is 3.38. The minimum atomic E-state index is 0.911. The van der Waals surface area contributed by atoms with Gasteiger partial charge in [0.05, 0.1) is 0 Å². The van der Waals surface area contributed by atoms with Crippen LogP contribution in [-0.2, 0) is 0 Å². The highest BCUT2D eigenvalue weighted by molar-refractivity contribution is 5.26. The SMILES string of the molecule is c1ccc([C@H]2C[C@H]2C2CCCCC2)cc1. The third-order valence-electron chi connectivity index (χ3n) is 4.32. The molecular formula is C15H20. The Morgan fingerprint density at radius 3 is 2.33 bits per heavy atom. The van der Waals surface area contributed by atoms with Crippen molar-refractivity contribution in [3.8, 4) is 0 Å². The van der Waals surface area contributed by atoms with Crippen molar-refractivity contribution < 1.29 is 0 Å². The van der Waals surface area contributed by atoms with Gasteiger partial charge in [0.2, 0.25) is 0 Å². The zero-order valence-electron chi connectivity index (χ0n) is 9.36. The van der Waals surface area contributed by atoms with Crippen molar-refractivity contribution in [2.75, 3.05) is 0 Å². The third-order valence-corrected chi connectivity index (χ3v) is 4.32. The third kappa shape index (κ3) is 1.95. The van der Waals surface area contributed by atoms with E-state index in [0.717, 1.165) is 17.8 Å². The average Bonchev–Trinajstić information content (AvgIpc) is 3.11. The first-order valence-electron chi connectivity index (χ1n) is 6.50. The quantitative estimate of drug-likeness (QED) is 0.665. The van der Waals surface area contributed by atoms with Crippen LogP contribution in [0.3, 0.4) is 0 Å². The van der Waals surface area contributed by atoms with Crippen LogP contribution >= 0.6 is 0 Å². The average molecular weight is 200 g/mol. The number of benzene rings is 1. The maximum absolute atomic E-state index is 2.31. The molecule has 3 rings (SSSR count). The van der Waals surface area contributed by atoms with Crippen molar-refractivity contribution in [3.63, 3.8) is 0 Å². The molecule has 0 heteroatoms. The molecule has 2 fully saturated rings. The lowest BCUT2D eigenvalue weighted by Crippen LogP contribution is -2.09. The lowest BCUT2D eigenvalue weighted by atomic mass is 9.84. The van der Waals surface area contributed by atoms with Gasteiger partial charge in [0, 0.05) is 0 Å². The van der Waals surface area contributed by atoms with Gasteiger partial charge >= 0.3 is 0 Å². The van der Waals surface area contributed by atoms with Crippen molar-refractivity contribution in [3.05, 3.63) is 35.9 Å². The van der Waals surface area contributed by atoms with E-state index in [1.807, 2.05) is 0 Å². The molecule has 1 aromatic carbocycles. The minimum Gasteiger partial charge on any atom is -0.0622 e. The first kappa shape index (κ1) is 9.45. The molecule has 0 heterocycles. The second-order valence-corrected chi connectivity index (χ2v) is 5.31. The second kappa shape index (κ2) is 4.00. The highest BCUT2D eigenvalue weighted by Gasteiger charge is 2.43. The van der Waals surface area contributed by atoms with E-state index in [1.54, 1.807) is 5.56 Å². The summed E-state index contributed by atoms with van der Waals surface area (Å²) in [5.41, 5.74) is 1.59. The first-order chi connectivity index (χ1) is 7.45. The molecule has 0 nitrogen and oxygen atoms in total. The Morgan fingerprint density at radius 1 is 0.867 bits per heavy atom. The highest BCUT2D eigenvalue weighted by atomic mass is 14.5. The Morgan fingerprint density at radius 2 is 1.60 bits per heavy atom. The number of hydrogen-bond donors (Lipinski definition) is 0. The van der Waals surface area contributed by atoms with Crippen LogP contribution in [0.2, 0.25) is 0 Å². The van der Waals surface area contributed by atoms with Gasteiger partial charge in [-0.15, -0.1) is 0 Å². The minimum absolute atomic E-state index is 0.911. The van der Waals surface area contributed by atoms with Crippen LogP contribution in [0.15, 0.2) is 30.3 Å². The molecule has 2 saturated carbocycles. The molecule has 0 bridgehead atoms. The molecule has 2 aliphatic rings. The Kier molecular flexibility index (Phi) is 2.52. The molecule has 0 aromatic heterocycles. The summed E-state index contributed by atoms with van der Waals surface area (Å²) in [5.74, 6) is 3.01. The maximum Gasteiger partial charge on any atom is -0.0128 e. The predicted octanol–water partition coefficient (Wildman–Crippen LogP) is 4.37. The molecular weight excluding hydrogens is 180 g/mol. The molecule has 0 spiro atoms. The monoisotopic (exact) mass is 200 g/mol. The van der Waals surface area contributed by atoms with E-state index >= 15 is 0 Å². The zero-order chi connectivity index (χ0) is 10.1.